The molecule has 0 saturated carbocycles. The summed E-state index contributed by atoms with van der Waals surface area (Å²) >= 11 is 0. The molecular formula is C22H24N4O6. The summed E-state index contributed by atoms with van der Waals surface area (Å²) in [6, 6.07) is 6.53. The summed E-state index contributed by atoms with van der Waals surface area (Å²) in [5.74, 6) is -3.98. The van der Waals surface area contributed by atoms with Crippen molar-refractivity contribution in [1.29, 1.82) is 0 Å². The molecule has 1 saturated heterocycles. The number of aromatic nitrogens is 1. The summed E-state index contributed by atoms with van der Waals surface area (Å²) in [5.41, 5.74) is 1.02. The minimum atomic E-state index is -1.24. The second-order valence-corrected chi connectivity index (χ2v) is 7.60. The third-order valence-corrected chi connectivity index (χ3v) is 5.64. The average molecular weight is 440 g/mol. The van der Waals surface area contributed by atoms with Crippen molar-refractivity contribution in [2.45, 2.75) is 31.8 Å². The summed E-state index contributed by atoms with van der Waals surface area (Å²) < 4.78 is 0. The minimum Gasteiger partial charge on any atom is -0.480 e. The standard InChI is InChI=1S/C22H24N4O6/c1-13(22(31)32)25(2)21(30)19(28)17-8-5-11-26(17)18(27)12-24-20(29)15-9-10-23-16-7-4-3-6-14(15)16/h3-4,6-7,9-10,13,17H,5,8,11-12H2,1-2H3,(H,24,29)(H,31,32)/t13-,17-/m0/s1. The summed E-state index contributed by atoms with van der Waals surface area (Å²) in [4.78, 5) is 67.9. The van der Waals surface area contributed by atoms with Crippen molar-refractivity contribution < 1.29 is 29.1 Å². The molecule has 0 bridgehead atoms. The highest BCUT2D eigenvalue weighted by Crippen LogP contribution is 2.20. The number of Topliss-reactive ketones (excluding diaryl/α,β-unsaturated/α-hetero) is 1. The van der Waals surface area contributed by atoms with Crippen LogP contribution in [0.2, 0.25) is 0 Å². The van der Waals surface area contributed by atoms with Gasteiger partial charge in [0.05, 0.1) is 17.6 Å². The highest BCUT2D eigenvalue weighted by atomic mass is 16.4. The number of para-hydroxylation sites is 1. The van der Waals surface area contributed by atoms with Gasteiger partial charge in [-0.1, -0.05) is 18.2 Å². The number of fused-ring (bicyclic) bond motifs is 1. The van der Waals surface area contributed by atoms with Gasteiger partial charge in [-0.05, 0) is 31.9 Å². The molecule has 2 atom stereocenters. The predicted octanol–water partition coefficient (Wildman–Crippen LogP) is 0.456. The molecule has 1 aromatic carbocycles. The molecule has 1 aliphatic heterocycles. The Morgan fingerprint density at radius 3 is 2.66 bits per heavy atom. The number of aliphatic carboxylic acids is 1. The van der Waals surface area contributed by atoms with Gasteiger partial charge in [0.25, 0.3) is 11.8 Å². The van der Waals surface area contributed by atoms with Gasteiger partial charge in [0.1, 0.15) is 12.1 Å². The van der Waals surface area contributed by atoms with Crippen molar-refractivity contribution in [3.8, 4) is 0 Å². The van der Waals surface area contributed by atoms with E-state index in [1.165, 1.54) is 25.1 Å². The Balaban J connectivity index is 1.65. The third-order valence-electron chi connectivity index (χ3n) is 5.64. The Morgan fingerprint density at radius 2 is 1.94 bits per heavy atom. The van der Waals surface area contributed by atoms with Crippen LogP contribution in [-0.4, -0.2) is 81.6 Å². The van der Waals surface area contributed by atoms with E-state index in [4.69, 9.17) is 5.11 Å². The van der Waals surface area contributed by atoms with Crippen LogP contribution in [0.15, 0.2) is 36.5 Å². The number of hydrogen-bond donors (Lipinski definition) is 2. The number of pyridine rings is 1. The molecule has 10 heteroatoms. The topological polar surface area (TPSA) is 137 Å². The number of nitrogens with zero attached hydrogens (tertiary/aromatic N) is 3. The first-order valence-electron chi connectivity index (χ1n) is 10.2. The Morgan fingerprint density at radius 1 is 1.22 bits per heavy atom. The van der Waals surface area contributed by atoms with Crippen molar-refractivity contribution in [3.05, 3.63) is 42.1 Å². The van der Waals surface area contributed by atoms with E-state index in [1.807, 2.05) is 0 Å². The SMILES string of the molecule is C[C@@H](C(=O)O)N(C)C(=O)C(=O)[C@@H]1CCCN1C(=O)CNC(=O)c1ccnc2ccccc12. The molecule has 32 heavy (non-hydrogen) atoms. The third kappa shape index (κ3) is 4.58. The molecule has 0 aliphatic carbocycles. The number of nitrogens with one attached hydrogen (secondary N) is 1. The van der Waals surface area contributed by atoms with Crippen LogP contribution in [0, 0.1) is 0 Å². The Bertz CT molecular complexity index is 1080. The average Bonchev–Trinajstić information content (AvgIpc) is 3.30. The highest BCUT2D eigenvalue weighted by molar-refractivity contribution is 6.38. The number of carbonyl (C=O) groups is 5. The summed E-state index contributed by atoms with van der Waals surface area (Å²) in [6.07, 6.45) is 2.33. The van der Waals surface area contributed by atoms with E-state index < -0.39 is 41.6 Å². The molecular weight excluding hydrogens is 416 g/mol. The molecule has 1 fully saturated rings. The summed E-state index contributed by atoms with van der Waals surface area (Å²) in [5, 5.41) is 12.3. The predicted molar refractivity (Wildman–Crippen MR) is 114 cm³/mol. The molecule has 2 aromatic rings. The lowest BCUT2D eigenvalue weighted by Gasteiger charge is -2.26. The quantitative estimate of drug-likeness (QED) is 0.597. The van der Waals surface area contributed by atoms with Crippen LogP contribution in [-0.2, 0) is 19.2 Å². The zero-order valence-electron chi connectivity index (χ0n) is 17.8. The van der Waals surface area contributed by atoms with Crippen LogP contribution in [0.5, 0.6) is 0 Å². The van der Waals surface area contributed by atoms with Crippen molar-refractivity contribution in [1.82, 2.24) is 20.1 Å². The molecule has 2 N–H and O–H groups in total. The lowest BCUT2D eigenvalue weighted by Crippen LogP contribution is -2.52. The molecule has 0 spiro atoms. The van der Waals surface area contributed by atoms with Crippen molar-refractivity contribution in [3.63, 3.8) is 0 Å². The van der Waals surface area contributed by atoms with Crippen LogP contribution in [0.3, 0.4) is 0 Å². The molecule has 1 aromatic heterocycles. The van der Waals surface area contributed by atoms with E-state index in [-0.39, 0.29) is 13.1 Å². The number of carbonyl (C=O) groups excluding carboxylic acids is 4. The first-order valence-corrected chi connectivity index (χ1v) is 10.2. The van der Waals surface area contributed by atoms with Gasteiger partial charge in [-0.15, -0.1) is 0 Å². The van der Waals surface area contributed by atoms with Crippen LogP contribution in [0.25, 0.3) is 10.9 Å². The van der Waals surface area contributed by atoms with E-state index in [0.717, 1.165) is 4.90 Å². The van der Waals surface area contributed by atoms with Gasteiger partial charge in [0, 0.05) is 25.2 Å². The molecule has 168 valence electrons. The highest BCUT2D eigenvalue weighted by Gasteiger charge is 2.39. The van der Waals surface area contributed by atoms with Crippen LogP contribution >= 0.6 is 0 Å². The summed E-state index contributed by atoms with van der Waals surface area (Å²) in [7, 11) is 1.24. The Hall–Kier alpha value is -3.82. The van der Waals surface area contributed by atoms with E-state index in [0.29, 0.717) is 29.3 Å². The first-order chi connectivity index (χ1) is 15.2. The summed E-state index contributed by atoms with van der Waals surface area (Å²) in [6.45, 7) is 1.23. The molecule has 2 heterocycles. The minimum absolute atomic E-state index is 0.273. The van der Waals surface area contributed by atoms with Gasteiger partial charge >= 0.3 is 5.97 Å². The fourth-order valence-corrected chi connectivity index (χ4v) is 3.64. The molecule has 10 nitrogen and oxygen atoms in total. The van der Waals surface area contributed by atoms with Crippen LogP contribution in [0.1, 0.15) is 30.1 Å². The zero-order valence-corrected chi connectivity index (χ0v) is 17.8. The number of hydrogen-bond acceptors (Lipinski definition) is 6. The number of rotatable bonds is 7. The number of carboxylic acids is 1. The normalized spacial score (nSPS) is 16.4. The van der Waals surface area contributed by atoms with E-state index in [2.05, 4.69) is 10.3 Å². The van der Waals surface area contributed by atoms with Gasteiger partial charge in [-0.3, -0.25) is 24.2 Å². The number of carboxylic acid groups (broad SMARTS) is 1. The Kier molecular flexibility index (Phi) is 6.82. The van der Waals surface area contributed by atoms with Gasteiger partial charge in [0.2, 0.25) is 11.7 Å². The largest absolute Gasteiger partial charge is 0.480 e. The zero-order chi connectivity index (χ0) is 23.4. The van der Waals surface area contributed by atoms with E-state index in [1.54, 1.807) is 30.3 Å². The van der Waals surface area contributed by atoms with E-state index in [9.17, 15) is 24.0 Å². The monoisotopic (exact) mass is 440 g/mol. The molecule has 3 amide bonds. The smallest absolute Gasteiger partial charge is 0.326 e. The van der Waals surface area contributed by atoms with E-state index >= 15 is 0 Å². The molecule has 0 unspecified atom stereocenters. The lowest BCUT2D eigenvalue weighted by molar-refractivity contribution is -0.154. The number of ketones is 1. The second-order valence-electron chi connectivity index (χ2n) is 7.60. The molecule has 0 radical (unpaired) electrons. The van der Waals surface area contributed by atoms with Crippen molar-refractivity contribution in [2.75, 3.05) is 20.1 Å². The maximum atomic E-state index is 12.7. The number of likely N-dealkylation sites (N-methyl/N-ethyl adjacent to an activating group) is 1. The first kappa shape index (κ1) is 22.9. The molecule has 3 rings (SSSR count). The fraction of sp³-hybridized carbons (Fsp3) is 0.364. The maximum absolute atomic E-state index is 12.7. The maximum Gasteiger partial charge on any atom is 0.326 e. The Labute approximate surface area is 184 Å². The van der Waals surface area contributed by atoms with Crippen molar-refractivity contribution >= 4 is 40.4 Å². The van der Waals surface area contributed by atoms with Gasteiger partial charge in [-0.2, -0.15) is 0 Å². The van der Waals surface area contributed by atoms with Crippen molar-refractivity contribution in [2.24, 2.45) is 0 Å². The number of benzene rings is 1. The fourth-order valence-electron chi connectivity index (χ4n) is 3.64. The second kappa shape index (κ2) is 9.54. The number of amides is 3. The van der Waals surface area contributed by atoms with Gasteiger partial charge in [-0.25, -0.2) is 4.79 Å². The van der Waals surface area contributed by atoms with Crippen LogP contribution < -0.4 is 5.32 Å². The lowest BCUT2D eigenvalue weighted by atomic mass is 10.1. The van der Waals surface area contributed by atoms with Gasteiger partial charge < -0.3 is 20.2 Å². The van der Waals surface area contributed by atoms with Gasteiger partial charge in [0.15, 0.2) is 0 Å². The number of likely N-dealkylation sites (tertiary alicyclic amines) is 1. The van der Waals surface area contributed by atoms with Crippen LogP contribution in [0.4, 0.5) is 0 Å². The molecule has 1 aliphatic rings.